The van der Waals surface area contributed by atoms with E-state index in [-0.39, 0.29) is 23.7 Å². The summed E-state index contributed by atoms with van der Waals surface area (Å²) >= 11 is 0. The highest BCUT2D eigenvalue weighted by Gasteiger charge is 2.26. The van der Waals surface area contributed by atoms with E-state index < -0.39 is 10.9 Å². The highest BCUT2D eigenvalue weighted by Crippen LogP contribution is 2.31. The number of benzene rings is 2. The number of hydrogen-bond acceptors (Lipinski definition) is 8. The number of nitrogens with zero attached hydrogens (tertiary/aromatic N) is 4. The van der Waals surface area contributed by atoms with Gasteiger partial charge in [0.1, 0.15) is 0 Å². The molecule has 1 aliphatic heterocycles. The Morgan fingerprint density at radius 3 is 2.62 bits per heavy atom. The van der Waals surface area contributed by atoms with Gasteiger partial charge in [0.15, 0.2) is 12.4 Å². The Bertz CT molecular complexity index is 1090. The fourth-order valence-corrected chi connectivity index (χ4v) is 4.01. The standard InChI is InChI=1S/C23H24N4O5/c1-16-24-22(32-25-16)15-31-23(28)20-14-19(27(29)30)7-8-21(20)26-11-9-18(10-12-26)13-17-5-3-2-4-6-17/h2-8,14,18H,9-13,15H2,1H3. The topological polar surface area (TPSA) is 112 Å². The molecule has 4 rings (SSSR count). The Morgan fingerprint density at radius 1 is 1.22 bits per heavy atom. The SMILES string of the molecule is Cc1noc(COC(=O)c2cc([N+](=O)[O-])ccc2N2CCC(Cc3ccccc3)CC2)n1. The highest BCUT2D eigenvalue weighted by molar-refractivity contribution is 5.96. The van der Waals surface area contributed by atoms with Crippen LogP contribution in [0.2, 0.25) is 0 Å². The molecule has 0 amide bonds. The highest BCUT2D eigenvalue weighted by atomic mass is 16.6. The number of nitro benzene ring substituents is 1. The van der Waals surface area contributed by atoms with Crippen LogP contribution in [0.4, 0.5) is 11.4 Å². The molecule has 1 saturated heterocycles. The third kappa shape index (κ3) is 5.11. The van der Waals surface area contributed by atoms with E-state index >= 15 is 0 Å². The van der Waals surface area contributed by atoms with E-state index in [1.807, 2.05) is 6.07 Å². The molecule has 3 aromatic rings. The largest absolute Gasteiger partial charge is 0.452 e. The molecular formula is C23H24N4O5. The summed E-state index contributed by atoms with van der Waals surface area (Å²) in [7, 11) is 0. The van der Waals surface area contributed by atoms with Crippen LogP contribution >= 0.6 is 0 Å². The number of esters is 1. The van der Waals surface area contributed by atoms with Crippen LogP contribution in [0.5, 0.6) is 0 Å². The molecule has 166 valence electrons. The number of aromatic nitrogens is 2. The van der Waals surface area contributed by atoms with Crippen LogP contribution in [0.1, 0.15) is 40.5 Å². The lowest BCUT2D eigenvalue weighted by Crippen LogP contribution is -2.35. The van der Waals surface area contributed by atoms with Gasteiger partial charge in [-0.3, -0.25) is 10.1 Å². The van der Waals surface area contributed by atoms with Gasteiger partial charge in [-0.15, -0.1) is 0 Å². The average molecular weight is 436 g/mol. The van der Waals surface area contributed by atoms with Crippen LogP contribution in [0.25, 0.3) is 0 Å². The summed E-state index contributed by atoms with van der Waals surface area (Å²) in [4.78, 5) is 29.7. The molecule has 0 spiro atoms. The van der Waals surface area contributed by atoms with Gasteiger partial charge < -0.3 is 14.2 Å². The Kier molecular flexibility index (Phi) is 6.44. The number of hydrogen-bond donors (Lipinski definition) is 0. The molecule has 0 bridgehead atoms. The quantitative estimate of drug-likeness (QED) is 0.309. The maximum Gasteiger partial charge on any atom is 0.341 e. The van der Waals surface area contributed by atoms with Crippen molar-refractivity contribution in [2.45, 2.75) is 32.8 Å². The van der Waals surface area contributed by atoms with Crippen LogP contribution in [-0.2, 0) is 17.8 Å². The first kappa shape index (κ1) is 21.5. The minimum Gasteiger partial charge on any atom is -0.452 e. The summed E-state index contributed by atoms with van der Waals surface area (Å²) in [5.74, 6) is 0.504. The van der Waals surface area contributed by atoms with E-state index in [9.17, 15) is 14.9 Å². The molecule has 0 radical (unpaired) electrons. The molecular weight excluding hydrogens is 412 g/mol. The van der Waals surface area contributed by atoms with E-state index in [2.05, 4.69) is 39.3 Å². The zero-order chi connectivity index (χ0) is 22.5. The summed E-state index contributed by atoms with van der Waals surface area (Å²) in [5.41, 5.74) is 1.97. The predicted molar refractivity (Wildman–Crippen MR) is 116 cm³/mol. The first-order chi connectivity index (χ1) is 15.5. The van der Waals surface area contributed by atoms with Crippen molar-refractivity contribution >= 4 is 17.3 Å². The van der Waals surface area contributed by atoms with Gasteiger partial charge >= 0.3 is 5.97 Å². The van der Waals surface area contributed by atoms with E-state index in [0.717, 1.165) is 32.4 Å². The second kappa shape index (κ2) is 9.59. The Balaban J connectivity index is 1.46. The fraction of sp³-hybridized carbons (Fsp3) is 0.348. The zero-order valence-electron chi connectivity index (χ0n) is 17.8. The van der Waals surface area contributed by atoms with Gasteiger partial charge in [0, 0.05) is 25.2 Å². The summed E-state index contributed by atoms with van der Waals surface area (Å²) in [6.45, 7) is 2.99. The van der Waals surface area contributed by atoms with Gasteiger partial charge in [0.25, 0.3) is 11.6 Å². The number of carbonyl (C=O) groups excluding carboxylic acids is 1. The first-order valence-corrected chi connectivity index (χ1v) is 10.5. The number of carbonyl (C=O) groups is 1. The zero-order valence-corrected chi connectivity index (χ0v) is 17.8. The Morgan fingerprint density at radius 2 is 1.97 bits per heavy atom. The average Bonchev–Trinajstić information content (AvgIpc) is 3.23. The molecule has 0 N–H and O–H groups in total. The van der Waals surface area contributed by atoms with Gasteiger partial charge in [-0.05, 0) is 43.7 Å². The van der Waals surface area contributed by atoms with Gasteiger partial charge in [-0.1, -0.05) is 35.5 Å². The Labute approximate surface area is 185 Å². The molecule has 9 nitrogen and oxygen atoms in total. The van der Waals surface area contributed by atoms with Crippen molar-refractivity contribution < 1.29 is 19.0 Å². The third-order valence-corrected chi connectivity index (χ3v) is 5.63. The monoisotopic (exact) mass is 436 g/mol. The lowest BCUT2D eigenvalue weighted by molar-refractivity contribution is -0.384. The molecule has 32 heavy (non-hydrogen) atoms. The van der Waals surface area contributed by atoms with Crippen LogP contribution in [0, 0.1) is 23.0 Å². The summed E-state index contributed by atoms with van der Waals surface area (Å²) in [6, 6.07) is 14.7. The van der Waals surface area contributed by atoms with E-state index in [1.165, 1.54) is 17.7 Å². The maximum absolute atomic E-state index is 12.8. The van der Waals surface area contributed by atoms with Crippen molar-refractivity contribution in [1.82, 2.24) is 10.1 Å². The first-order valence-electron chi connectivity index (χ1n) is 10.5. The van der Waals surface area contributed by atoms with Gasteiger partial charge in [-0.25, -0.2) is 4.79 Å². The van der Waals surface area contributed by atoms with Crippen molar-refractivity contribution in [1.29, 1.82) is 0 Å². The van der Waals surface area contributed by atoms with Crippen LogP contribution in [-0.4, -0.2) is 34.1 Å². The minimum atomic E-state index is -0.661. The van der Waals surface area contributed by atoms with Crippen LogP contribution < -0.4 is 4.90 Å². The molecule has 1 aliphatic rings. The van der Waals surface area contributed by atoms with E-state index in [1.54, 1.807) is 13.0 Å². The minimum absolute atomic E-state index is 0.159. The second-order valence-corrected chi connectivity index (χ2v) is 7.89. The van der Waals surface area contributed by atoms with Gasteiger partial charge in [0.05, 0.1) is 16.2 Å². The van der Waals surface area contributed by atoms with Gasteiger partial charge in [-0.2, -0.15) is 4.98 Å². The number of piperidine rings is 1. The molecule has 0 aliphatic carbocycles. The van der Waals surface area contributed by atoms with Crippen molar-refractivity contribution in [2.75, 3.05) is 18.0 Å². The van der Waals surface area contributed by atoms with Crippen molar-refractivity contribution in [2.24, 2.45) is 5.92 Å². The molecule has 1 fully saturated rings. The third-order valence-electron chi connectivity index (χ3n) is 5.63. The van der Waals surface area contributed by atoms with E-state index in [0.29, 0.717) is 17.4 Å². The number of anilines is 1. The van der Waals surface area contributed by atoms with E-state index in [4.69, 9.17) is 9.26 Å². The summed E-state index contributed by atoms with van der Waals surface area (Å²) in [5, 5.41) is 14.9. The van der Waals surface area contributed by atoms with Crippen molar-refractivity contribution in [3.63, 3.8) is 0 Å². The normalized spacial score (nSPS) is 14.3. The number of non-ortho nitro benzene ring substituents is 1. The molecule has 0 saturated carbocycles. The molecule has 0 unspecified atom stereocenters. The number of ether oxygens (including phenoxy) is 1. The lowest BCUT2D eigenvalue weighted by atomic mass is 9.90. The fourth-order valence-electron chi connectivity index (χ4n) is 4.01. The molecule has 2 aromatic carbocycles. The molecule has 2 heterocycles. The van der Waals surface area contributed by atoms with Crippen molar-refractivity contribution in [3.05, 3.63) is 81.5 Å². The molecule has 0 atom stereocenters. The number of aryl methyl sites for hydroxylation is 1. The van der Waals surface area contributed by atoms with Crippen molar-refractivity contribution in [3.8, 4) is 0 Å². The smallest absolute Gasteiger partial charge is 0.341 e. The lowest BCUT2D eigenvalue weighted by Gasteiger charge is -2.34. The predicted octanol–water partition coefficient (Wildman–Crippen LogP) is 4.10. The Hall–Kier alpha value is -3.75. The number of nitro groups is 1. The second-order valence-electron chi connectivity index (χ2n) is 7.89. The number of rotatable bonds is 7. The molecule has 1 aromatic heterocycles. The summed E-state index contributed by atoms with van der Waals surface area (Å²) in [6.07, 6.45) is 2.97. The van der Waals surface area contributed by atoms with Crippen LogP contribution in [0.15, 0.2) is 53.1 Å². The van der Waals surface area contributed by atoms with Gasteiger partial charge in [0.2, 0.25) is 0 Å². The maximum atomic E-state index is 12.8. The summed E-state index contributed by atoms with van der Waals surface area (Å²) < 4.78 is 10.3. The molecule has 9 heteroatoms. The van der Waals surface area contributed by atoms with Crippen LogP contribution in [0.3, 0.4) is 0 Å².